The SMILES string of the molecule is C/C=C\c1coc(C=O)c1. The van der Waals surface area contributed by atoms with Crippen molar-refractivity contribution in [3.8, 4) is 0 Å². The summed E-state index contributed by atoms with van der Waals surface area (Å²) >= 11 is 0. The Morgan fingerprint density at radius 1 is 1.60 bits per heavy atom. The summed E-state index contributed by atoms with van der Waals surface area (Å²) in [6.45, 7) is 1.91. The van der Waals surface area contributed by atoms with Gasteiger partial charge in [0.25, 0.3) is 0 Å². The van der Waals surface area contributed by atoms with Crippen molar-refractivity contribution in [3.63, 3.8) is 0 Å². The molecule has 0 saturated heterocycles. The van der Waals surface area contributed by atoms with E-state index < -0.39 is 0 Å². The number of carbonyl (C=O) groups is 1. The second-order valence-electron chi connectivity index (χ2n) is 1.90. The topological polar surface area (TPSA) is 30.2 Å². The van der Waals surface area contributed by atoms with Gasteiger partial charge in [0.1, 0.15) is 0 Å². The Kier molecular flexibility index (Phi) is 2.05. The van der Waals surface area contributed by atoms with Crippen LogP contribution >= 0.6 is 0 Å². The number of carbonyl (C=O) groups excluding carboxylic acids is 1. The first kappa shape index (κ1) is 6.81. The lowest BCUT2D eigenvalue weighted by Gasteiger charge is -1.73. The number of allylic oxidation sites excluding steroid dienone is 1. The van der Waals surface area contributed by atoms with E-state index >= 15 is 0 Å². The Hall–Kier alpha value is -1.31. The molecule has 52 valence electrons. The maximum Gasteiger partial charge on any atom is 0.185 e. The predicted molar refractivity (Wildman–Crippen MR) is 38.8 cm³/mol. The van der Waals surface area contributed by atoms with Crippen molar-refractivity contribution in [2.24, 2.45) is 0 Å². The first-order valence-electron chi connectivity index (χ1n) is 3.03. The van der Waals surface area contributed by atoms with Crippen molar-refractivity contribution in [1.29, 1.82) is 0 Å². The first-order chi connectivity index (χ1) is 4.86. The molecule has 0 fully saturated rings. The molecule has 1 aromatic heterocycles. The van der Waals surface area contributed by atoms with E-state index in [2.05, 4.69) is 0 Å². The summed E-state index contributed by atoms with van der Waals surface area (Å²) in [6.07, 6.45) is 5.99. The maximum atomic E-state index is 10.1. The summed E-state index contributed by atoms with van der Waals surface area (Å²) in [5, 5.41) is 0. The zero-order valence-corrected chi connectivity index (χ0v) is 5.70. The molecule has 1 aromatic rings. The van der Waals surface area contributed by atoms with E-state index in [9.17, 15) is 4.79 Å². The molecule has 0 saturated carbocycles. The van der Waals surface area contributed by atoms with Gasteiger partial charge in [-0.3, -0.25) is 4.79 Å². The first-order valence-corrected chi connectivity index (χ1v) is 3.03. The molecule has 0 spiro atoms. The summed E-state index contributed by atoms with van der Waals surface area (Å²) in [5.74, 6) is 0.369. The average molecular weight is 136 g/mol. The molecule has 1 heterocycles. The lowest BCUT2D eigenvalue weighted by Crippen LogP contribution is -1.67. The van der Waals surface area contributed by atoms with Crippen LogP contribution in [-0.4, -0.2) is 6.29 Å². The smallest absolute Gasteiger partial charge is 0.185 e. The lowest BCUT2D eigenvalue weighted by molar-refractivity contribution is 0.110. The Morgan fingerprint density at radius 3 is 2.90 bits per heavy atom. The maximum absolute atomic E-state index is 10.1. The Balaban J connectivity index is 2.87. The fourth-order valence-electron chi connectivity index (χ4n) is 0.710. The van der Waals surface area contributed by atoms with Crippen molar-refractivity contribution in [2.45, 2.75) is 6.92 Å². The number of aldehydes is 1. The van der Waals surface area contributed by atoms with Crippen LogP contribution in [0.15, 0.2) is 22.8 Å². The summed E-state index contributed by atoms with van der Waals surface area (Å²) in [4.78, 5) is 10.1. The van der Waals surface area contributed by atoms with Crippen LogP contribution in [0.4, 0.5) is 0 Å². The lowest BCUT2D eigenvalue weighted by atomic mass is 10.3. The van der Waals surface area contributed by atoms with Gasteiger partial charge in [-0.15, -0.1) is 0 Å². The van der Waals surface area contributed by atoms with E-state index in [1.54, 1.807) is 12.3 Å². The number of furan rings is 1. The third-order valence-electron chi connectivity index (χ3n) is 1.12. The molecule has 10 heavy (non-hydrogen) atoms. The van der Waals surface area contributed by atoms with Gasteiger partial charge in [0, 0.05) is 5.56 Å². The van der Waals surface area contributed by atoms with Crippen LogP contribution in [-0.2, 0) is 0 Å². The summed E-state index contributed by atoms with van der Waals surface area (Å²) in [7, 11) is 0. The predicted octanol–water partition coefficient (Wildman–Crippen LogP) is 2.13. The molecule has 1 rings (SSSR count). The van der Waals surface area contributed by atoms with Crippen molar-refractivity contribution < 1.29 is 9.21 Å². The fourth-order valence-corrected chi connectivity index (χ4v) is 0.710. The van der Waals surface area contributed by atoms with E-state index in [1.807, 2.05) is 19.1 Å². The third kappa shape index (κ3) is 1.35. The van der Waals surface area contributed by atoms with Gasteiger partial charge in [-0.2, -0.15) is 0 Å². The van der Waals surface area contributed by atoms with Gasteiger partial charge in [-0.05, 0) is 13.0 Å². The average Bonchev–Trinajstić information content (AvgIpc) is 2.37. The Labute approximate surface area is 59.2 Å². The zero-order valence-electron chi connectivity index (χ0n) is 5.70. The molecule has 2 heteroatoms. The Bertz CT molecular complexity index is 246. The molecule has 0 radical (unpaired) electrons. The molecule has 0 aromatic carbocycles. The summed E-state index contributed by atoms with van der Waals surface area (Å²) in [6, 6.07) is 1.69. The molecule has 0 aliphatic heterocycles. The van der Waals surface area contributed by atoms with Crippen LogP contribution in [0.3, 0.4) is 0 Å². The number of rotatable bonds is 2. The molecule has 2 nitrogen and oxygen atoms in total. The van der Waals surface area contributed by atoms with Gasteiger partial charge in [0.2, 0.25) is 0 Å². The van der Waals surface area contributed by atoms with Gasteiger partial charge in [0.15, 0.2) is 12.0 Å². The minimum Gasteiger partial charge on any atom is -0.461 e. The summed E-state index contributed by atoms with van der Waals surface area (Å²) < 4.78 is 4.85. The molecule has 0 aliphatic carbocycles. The largest absolute Gasteiger partial charge is 0.461 e. The van der Waals surface area contributed by atoms with Crippen LogP contribution in [0.2, 0.25) is 0 Å². The van der Waals surface area contributed by atoms with E-state index in [4.69, 9.17) is 4.42 Å². The van der Waals surface area contributed by atoms with Crippen molar-refractivity contribution >= 4 is 12.4 Å². The van der Waals surface area contributed by atoms with Gasteiger partial charge in [0.05, 0.1) is 6.26 Å². The number of hydrogen-bond acceptors (Lipinski definition) is 2. The van der Waals surface area contributed by atoms with Gasteiger partial charge < -0.3 is 4.42 Å². The molecular weight excluding hydrogens is 128 g/mol. The molecule has 0 amide bonds. The van der Waals surface area contributed by atoms with Gasteiger partial charge in [-0.25, -0.2) is 0 Å². The van der Waals surface area contributed by atoms with Crippen LogP contribution in [0, 0.1) is 0 Å². The minimum atomic E-state index is 0.369. The highest BCUT2D eigenvalue weighted by atomic mass is 16.3. The summed E-state index contributed by atoms with van der Waals surface area (Å²) in [5.41, 5.74) is 0.921. The minimum absolute atomic E-state index is 0.369. The van der Waals surface area contributed by atoms with E-state index in [0.29, 0.717) is 12.0 Å². The number of hydrogen-bond donors (Lipinski definition) is 0. The van der Waals surface area contributed by atoms with Crippen molar-refractivity contribution in [2.75, 3.05) is 0 Å². The molecule has 0 bridgehead atoms. The van der Waals surface area contributed by atoms with Crippen LogP contribution in [0.5, 0.6) is 0 Å². The van der Waals surface area contributed by atoms with E-state index in [1.165, 1.54) is 0 Å². The molecular formula is C8H8O2. The monoisotopic (exact) mass is 136 g/mol. The Morgan fingerprint density at radius 2 is 2.40 bits per heavy atom. The normalized spacial score (nSPS) is 10.5. The third-order valence-corrected chi connectivity index (χ3v) is 1.12. The molecule has 0 atom stereocenters. The fraction of sp³-hybridized carbons (Fsp3) is 0.125. The van der Waals surface area contributed by atoms with E-state index in [-0.39, 0.29) is 0 Å². The molecule has 0 unspecified atom stereocenters. The van der Waals surface area contributed by atoms with Crippen LogP contribution < -0.4 is 0 Å². The van der Waals surface area contributed by atoms with E-state index in [0.717, 1.165) is 5.56 Å². The zero-order chi connectivity index (χ0) is 7.40. The highest BCUT2D eigenvalue weighted by Gasteiger charge is 1.94. The second kappa shape index (κ2) is 3.01. The van der Waals surface area contributed by atoms with Gasteiger partial charge in [-0.1, -0.05) is 12.2 Å². The second-order valence-corrected chi connectivity index (χ2v) is 1.90. The van der Waals surface area contributed by atoms with Gasteiger partial charge >= 0.3 is 0 Å². The van der Waals surface area contributed by atoms with Crippen LogP contribution in [0.25, 0.3) is 6.08 Å². The highest BCUT2D eigenvalue weighted by Crippen LogP contribution is 2.06. The van der Waals surface area contributed by atoms with Crippen molar-refractivity contribution in [1.82, 2.24) is 0 Å². The van der Waals surface area contributed by atoms with Crippen LogP contribution in [0.1, 0.15) is 23.0 Å². The molecule has 0 aliphatic rings. The van der Waals surface area contributed by atoms with Crippen molar-refractivity contribution in [3.05, 3.63) is 29.7 Å². The molecule has 0 N–H and O–H groups in total. The quantitative estimate of drug-likeness (QED) is 0.583. The standard InChI is InChI=1S/C8H8O2/c1-2-3-7-4-8(5-9)10-6-7/h2-6H,1H3/b3-2-. The highest BCUT2D eigenvalue weighted by molar-refractivity contribution is 5.72.